The van der Waals surface area contributed by atoms with E-state index in [1.54, 1.807) is 19.4 Å². The highest BCUT2D eigenvalue weighted by Crippen LogP contribution is 2.30. The van der Waals surface area contributed by atoms with Gasteiger partial charge in [-0.15, -0.1) is 0 Å². The van der Waals surface area contributed by atoms with Crippen molar-refractivity contribution in [2.45, 2.75) is 40.3 Å². The molecule has 0 bridgehead atoms. The molecule has 2 heterocycles. The average molecular weight is 468 g/mol. The summed E-state index contributed by atoms with van der Waals surface area (Å²) in [5.41, 5.74) is 2.54. The lowest BCUT2D eigenvalue weighted by molar-refractivity contribution is -0.116. The number of amides is 1. The Morgan fingerprint density at radius 2 is 2.00 bits per heavy atom. The molecule has 0 aliphatic rings. The predicted octanol–water partition coefficient (Wildman–Crippen LogP) is 4.68. The Balaban J connectivity index is 1.61. The molecule has 0 spiro atoms. The van der Waals surface area contributed by atoms with E-state index in [0.717, 1.165) is 41.4 Å². The zero-order chi connectivity index (χ0) is 24.5. The number of hydrogen-bond acceptors (Lipinski definition) is 7. The molecule has 8 heteroatoms. The van der Waals surface area contributed by atoms with Crippen molar-refractivity contribution in [3.05, 3.63) is 71.0 Å². The summed E-state index contributed by atoms with van der Waals surface area (Å²) in [5.74, 6) is 2.57. The van der Waals surface area contributed by atoms with Gasteiger partial charge in [-0.3, -0.25) is 9.69 Å². The first-order chi connectivity index (χ1) is 16.5. The van der Waals surface area contributed by atoms with Crippen LogP contribution in [0.15, 0.2) is 51.6 Å². The van der Waals surface area contributed by atoms with Gasteiger partial charge in [0.25, 0.3) is 0 Å². The van der Waals surface area contributed by atoms with Crippen LogP contribution in [0.3, 0.4) is 0 Å². The molecule has 182 valence electrons. The fourth-order valence-corrected chi connectivity index (χ4v) is 3.75. The van der Waals surface area contributed by atoms with Crippen molar-refractivity contribution >= 4 is 12.0 Å². The van der Waals surface area contributed by atoms with E-state index in [0.29, 0.717) is 24.7 Å². The third kappa shape index (κ3) is 6.29. The van der Waals surface area contributed by atoms with E-state index in [4.69, 9.17) is 18.4 Å². The number of nitrogens with zero attached hydrogens (tertiary/aromatic N) is 2. The first-order valence-corrected chi connectivity index (χ1v) is 11.4. The summed E-state index contributed by atoms with van der Waals surface area (Å²) in [6.07, 6.45) is 4.92. The first kappa shape index (κ1) is 25.1. The minimum absolute atomic E-state index is 0.0171. The summed E-state index contributed by atoms with van der Waals surface area (Å²) >= 11 is 0. The van der Waals surface area contributed by atoms with Crippen LogP contribution >= 0.6 is 0 Å². The van der Waals surface area contributed by atoms with E-state index in [9.17, 15) is 4.79 Å². The second kappa shape index (κ2) is 12.1. The van der Waals surface area contributed by atoms with Crippen LogP contribution in [0.1, 0.15) is 48.2 Å². The number of likely N-dealkylation sites (N-methyl/N-ethyl adjacent to an activating group) is 1. The Morgan fingerprint density at radius 1 is 1.21 bits per heavy atom. The number of nitrogens with one attached hydrogen (secondary N) is 1. The Labute approximate surface area is 200 Å². The zero-order valence-corrected chi connectivity index (χ0v) is 20.5. The molecule has 3 aromatic rings. The van der Waals surface area contributed by atoms with Gasteiger partial charge in [0, 0.05) is 12.6 Å². The van der Waals surface area contributed by atoms with Crippen LogP contribution in [0.4, 0.5) is 0 Å². The third-order valence-corrected chi connectivity index (χ3v) is 5.76. The number of carbonyl (C=O) groups is 1. The summed E-state index contributed by atoms with van der Waals surface area (Å²) in [6, 6.07) is 9.30. The molecule has 0 aliphatic heterocycles. The van der Waals surface area contributed by atoms with Crippen molar-refractivity contribution in [2.75, 3.05) is 26.7 Å². The summed E-state index contributed by atoms with van der Waals surface area (Å²) < 4.78 is 22.2. The van der Waals surface area contributed by atoms with Gasteiger partial charge in [0.1, 0.15) is 18.1 Å². The van der Waals surface area contributed by atoms with Gasteiger partial charge in [-0.1, -0.05) is 25.1 Å². The first-order valence-electron chi connectivity index (χ1n) is 11.4. The number of furan rings is 1. The molecule has 3 rings (SSSR count). The topological polar surface area (TPSA) is 90.0 Å². The lowest BCUT2D eigenvalue weighted by atomic mass is 10.1. The van der Waals surface area contributed by atoms with E-state index in [1.165, 1.54) is 6.08 Å². The highest BCUT2D eigenvalue weighted by molar-refractivity contribution is 5.91. The Hall–Kier alpha value is -3.52. The average Bonchev–Trinajstić information content (AvgIpc) is 3.49. The number of carbonyl (C=O) groups excluding carboxylic acids is 1. The maximum Gasteiger partial charge on any atom is 0.244 e. The molecule has 34 heavy (non-hydrogen) atoms. The smallest absolute Gasteiger partial charge is 0.244 e. The Kier molecular flexibility index (Phi) is 8.93. The van der Waals surface area contributed by atoms with Gasteiger partial charge >= 0.3 is 0 Å². The van der Waals surface area contributed by atoms with Crippen LogP contribution in [0, 0.1) is 13.8 Å². The lowest BCUT2D eigenvalue weighted by Gasteiger charge is -2.28. The molecule has 0 saturated heterocycles. The molecule has 1 N–H and O–H groups in total. The van der Waals surface area contributed by atoms with Crippen LogP contribution in [-0.4, -0.2) is 42.7 Å². The number of methoxy groups -OCH3 is 1. The molecule has 1 amide bonds. The third-order valence-electron chi connectivity index (χ3n) is 5.76. The molecular weight excluding hydrogens is 434 g/mol. The Morgan fingerprint density at radius 3 is 2.62 bits per heavy atom. The largest absolute Gasteiger partial charge is 0.493 e. The van der Waals surface area contributed by atoms with E-state index >= 15 is 0 Å². The Bertz CT molecular complexity index is 1060. The maximum atomic E-state index is 12.5. The minimum Gasteiger partial charge on any atom is -0.493 e. The standard InChI is InChI=1S/C26H33N3O5/c1-6-29(7-2)22(23-9-8-14-32-23)16-27-26(30)13-11-20-10-12-24(25(15-20)31-5)33-17-21-18(3)28-34-19(21)4/h8-15,22H,6-7,16-17H2,1-5H3,(H,27,30). The molecule has 2 aromatic heterocycles. The van der Waals surface area contributed by atoms with Gasteiger partial charge in [0.05, 0.1) is 30.7 Å². The highest BCUT2D eigenvalue weighted by atomic mass is 16.5. The van der Waals surface area contributed by atoms with Gasteiger partial charge in [-0.2, -0.15) is 0 Å². The molecule has 0 fully saturated rings. The molecule has 0 saturated carbocycles. The van der Waals surface area contributed by atoms with Crippen LogP contribution in [0.25, 0.3) is 6.08 Å². The van der Waals surface area contributed by atoms with E-state index in [-0.39, 0.29) is 11.9 Å². The summed E-state index contributed by atoms with van der Waals surface area (Å²) in [5, 5.41) is 6.92. The van der Waals surface area contributed by atoms with Crippen LogP contribution < -0.4 is 14.8 Å². The molecule has 8 nitrogen and oxygen atoms in total. The van der Waals surface area contributed by atoms with Crippen LogP contribution in [0.5, 0.6) is 11.5 Å². The maximum absolute atomic E-state index is 12.5. The van der Waals surface area contributed by atoms with Crippen molar-refractivity contribution in [2.24, 2.45) is 0 Å². The van der Waals surface area contributed by atoms with Crippen LogP contribution in [-0.2, 0) is 11.4 Å². The fraction of sp³-hybridized carbons (Fsp3) is 0.385. The molecule has 1 aromatic carbocycles. The number of benzene rings is 1. The normalized spacial score (nSPS) is 12.3. The van der Waals surface area contributed by atoms with Gasteiger partial charge in [0.15, 0.2) is 11.5 Å². The number of aryl methyl sites for hydroxylation is 2. The van der Waals surface area contributed by atoms with Gasteiger partial charge < -0.3 is 23.7 Å². The quantitative estimate of drug-likeness (QED) is 0.387. The van der Waals surface area contributed by atoms with Gasteiger partial charge in [-0.25, -0.2) is 0 Å². The lowest BCUT2D eigenvalue weighted by Crippen LogP contribution is -2.37. The number of hydrogen-bond donors (Lipinski definition) is 1. The highest BCUT2D eigenvalue weighted by Gasteiger charge is 2.20. The van der Waals surface area contributed by atoms with Crippen molar-refractivity contribution in [1.29, 1.82) is 0 Å². The SMILES string of the molecule is CCN(CC)C(CNC(=O)C=Cc1ccc(OCc2c(C)noc2C)c(OC)c1)c1ccco1. The van der Waals surface area contributed by atoms with Crippen molar-refractivity contribution in [3.63, 3.8) is 0 Å². The fourth-order valence-electron chi connectivity index (χ4n) is 3.75. The molecular formula is C26H33N3O5. The van der Waals surface area contributed by atoms with E-state index in [1.807, 2.05) is 44.2 Å². The minimum atomic E-state index is -0.179. The number of ether oxygens (including phenoxy) is 2. The van der Waals surface area contributed by atoms with Gasteiger partial charge in [0.2, 0.25) is 5.91 Å². The second-order valence-electron chi connectivity index (χ2n) is 7.83. The molecule has 1 atom stereocenters. The number of aromatic nitrogens is 1. The summed E-state index contributed by atoms with van der Waals surface area (Å²) in [7, 11) is 1.58. The second-order valence-corrected chi connectivity index (χ2v) is 7.83. The zero-order valence-electron chi connectivity index (χ0n) is 20.5. The van der Waals surface area contributed by atoms with Gasteiger partial charge in [-0.05, 0) is 62.8 Å². The molecule has 0 radical (unpaired) electrons. The van der Waals surface area contributed by atoms with E-state index in [2.05, 4.69) is 29.2 Å². The van der Waals surface area contributed by atoms with Crippen LogP contribution in [0.2, 0.25) is 0 Å². The monoisotopic (exact) mass is 467 g/mol. The molecule has 0 aliphatic carbocycles. The number of rotatable bonds is 12. The molecule has 1 unspecified atom stereocenters. The van der Waals surface area contributed by atoms with E-state index < -0.39 is 0 Å². The summed E-state index contributed by atoms with van der Waals surface area (Å²) in [4.78, 5) is 14.7. The van der Waals surface area contributed by atoms with Crippen molar-refractivity contribution in [3.8, 4) is 11.5 Å². The van der Waals surface area contributed by atoms with Crippen molar-refractivity contribution < 1.29 is 23.2 Å². The predicted molar refractivity (Wildman–Crippen MR) is 130 cm³/mol. The van der Waals surface area contributed by atoms with Crippen molar-refractivity contribution in [1.82, 2.24) is 15.4 Å². The summed E-state index contributed by atoms with van der Waals surface area (Å²) in [6.45, 7) is 10.4.